The van der Waals surface area contributed by atoms with Crippen LogP contribution in [0.25, 0.3) is 5.65 Å². The molecule has 1 aliphatic heterocycles. The number of halogens is 1. The van der Waals surface area contributed by atoms with E-state index < -0.39 is 11.8 Å². The summed E-state index contributed by atoms with van der Waals surface area (Å²) in [6.45, 7) is 0.142. The number of pyridine rings is 1. The Labute approximate surface area is 181 Å². The van der Waals surface area contributed by atoms with Gasteiger partial charge in [-0.2, -0.15) is 4.98 Å². The van der Waals surface area contributed by atoms with Crippen molar-refractivity contribution < 1.29 is 18.8 Å². The van der Waals surface area contributed by atoms with Crippen LogP contribution in [0.1, 0.15) is 30.0 Å². The summed E-state index contributed by atoms with van der Waals surface area (Å²) in [4.78, 5) is 49.9. The number of anilines is 3. The molecule has 0 unspecified atom stereocenters. The monoisotopic (exact) mass is 438 g/mol. The number of urea groups is 1. The van der Waals surface area contributed by atoms with Gasteiger partial charge in [-0.05, 0) is 30.4 Å². The number of fused-ring (bicyclic) bond motifs is 1. The second-order valence-corrected chi connectivity index (χ2v) is 7.82. The number of amides is 4. The maximum absolute atomic E-state index is 14.3. The molecule has 0 spiro atoms. The van der Waals surface area contributed by atoms with Crippen LogP contribution in [0.4, 0.5) is 26.6 Å². The third-order valence-electron chi connectivity index (χ3n) is 5.41. The third-order valence-corrected chi connectivity index (χ3v) is 5.41. The highest BCUT2D eigenvalue weighted by atomic mass is 19.1. The van der Waals surface area contributed by atoms with Gasteiger partial charge in [-0.3, -0.25) is 25.1 Å². The molecule has 3 aromatic heterocycles. The molecule has 32 heavy (non-hydrogen) atoms. The van der Waals surface area contributed by atoms with Gasteiger partial charge in [0.2, 0.25) is 18.3 Å². The zero-order valence-electron chi connectivity index (χ0n) is 17.1. The average Bonchev–Trinajstić information content (AvgIpc) is 3.44. The third kappa shape index (κ3) is 3.59. The number of carbonyl (C=O) groups excluding carboxylic acids is 3. The Morgan fingerprint density at radius 1 is 1.31 bits per heavy atom. The predicted molar refractivity (Wildman–Crippen MR) is 112 cm³/mol. The molecule has 1 saturated carbocycles. The van der Waals surface area contributed by atoms with Gasteiger partial charge in [0.1, 0.15) is 6.54 Å². The fraction of sp³-hybridized carbons (Fsp3) is 0.300. The van der Waals surface area contributed by atoms with Crippen LogP contribution in [0.15, 0.2) is 24.7 Å². The zero-order chi connectivity index (χ0) is 22.4. The van der Waals surface area contributed by atoms with Crippen LogP contribution < -0.4 is 20.4 Å². The van der Waals surface area contributed by atoms with Crippen molar-refractivity contribution in [3.63, 3.8) is 0 Å². The van der Waals surface area contributed by atoms with Crippen molar-refractivity contribution in [1.82, 2.24) is 24.7 Å². The van der Waals surface area contributed by atoms with Crippen LogP contribution in [0.2, 0.25) is 0 Å². The first-order chi connectivity index (χ1) is 15.4. The molecule has 5 rings (SSSR count). The molecule has 4 heterocycles. The Hall–Kier alpha value is -4.09. The average molecular weight is 438 g/mol. The maximum atomic E-state index is 14.3. The van der Waals surface area contributed by atoms with E-state index in [-0.39, 0.29) is 30.8 Å². The van der Waals surface area contributed by atoms with Crippen LogP contribution >= 0.6 is 0 Å². The minimum Gasteiger partial charge on any atom is -0.351 e. The molecule has 2 N–H and O–H groups in total. The molecule has 2 fully saturated rings. The van der Waals surface area contributed by atoms with Crippen LogP contribution in [-0.4, -0.2) is 51.3 Å². The summed E-state index contributed by atoms with van der Waals surface area (Å²) in [5, 5.41) is 4.59. The molecule has 3 aromatic rings. The highest BCUT2D eigenvalue weighted by Gasteiger charge is 2.32. The molecule has 2 aliphatic rings. The topological polar surface area (TPSA) is 125 Å². The van der Waals surface area contributed by atoms with Gasteiger partial charge in [-0.15, -0.1) is 0 Å². The van der Waals surface area contributed by atoms with E-state index in [4.69, 9.17) is 0 Å². The first kappa shape index (κ1) is 19.8. The molecule has 0 radical (unpaired) electrons. The highest BCUT2D eigenvalue weighted by Crippen LogP contribution is 2.42. The van der Waals surface area contributed by atoms with Gasteiger partial charge in [0.15, 0.2) is 17.3 Å². The minimum absolute atomic E-state index is 0.00446. The summed E-state index contributed by atoms with van der Waals surface area (Å²) in [7, 11) is 1.64. The molecule has 164 valence electrons. The Balaban J connectivity index is 1.50. The summed E-state index contributed by atoms with van der Waals surface area (Å²) in [5.74, 6) is -0.594. The fourth-order valence-corrected chi connectivity index (χ4v) is 3.77. The van der Waals surface area contributed by atoms with Gasteiger partial charge in [0.25, 0.3) is 0 Å². The Morgan fingerprint density at radius 3 is 2.81 bits per heavy atom. The van der Waals surface area contributed by atoms with E-state index in [1.54, 1.807) is 18.1 Å². The number of nitrogens with zero attached hydrogens (tertiary/aromatic N) is 6. The number of hydrogen-bond donors (Lipinski definition) is 2. The molecular formula is C20H19FN8O3. The lowest BCUT2D eigenvalue weighted by Crippen LogP contribution is -2.28. The van der Waals surface area contributed by atoms with Crippen molar-refractivity contribution in [3.05, 3.63) is 41.7 Å². The Morgan fingerprint density at radius 2 is 2.12 bits per heavy atom. The minimum atomic E-state index is -0.642. The summed E-state index contributed by atoms with van der Waals surface area (Å²) in [6.07, 6.45) is 7.32. The van der Waals surface area contributed by atoms with Crippen molar-refractivity contribution in [1.29, 1.82) is 0 Å². The van der Waals surface area contributed by atoms with E-state index in [1.165, 1.54) is 4.90 Å². The number of rotatable bonds is 7. The first-order valence-electron chi connectivity index (χ1n) is 9.99. The molecule has 0 bridgehead atoms. The number of aromatic nitrogens is 4. The normalized spacial score (nSPS) is 15.9. The van der Waals surface area contributed by atoms with Gasteiger partial charge < -0.3 is 9.30 Å². The van der Waals surface area contributed by atoms with Crippen LogP contribution in [0.3, 0.4) is 0 Å². The van der Waals surface area contributed by atoms with Crippen molar-refractivity contribution in [2.24, 2.45) is 0 Å². The summed E-state index contributed by atoms with van der Waals surface area (Å²) in [6, 6.07) is 1.43. The standard InChI is InChI=1S/C20H19FN8O3/c1-27(17-14(21)5-22-19(26-17)23-10-30)7-13-8-28-6-12(11-2-3-11)4-15(18(28)24-13)29-9-16(31)25-20(29)32/h4-6,8,10-11H,2-3,7,9H2,1H3,(H,25,31,32)(H,22,23,26,30). The van der Waals surface area contributed by atoms with Crippen molar-refractivity contribution >= 4 is 41.4 Å². The van der Waals surface area contributed by atoms with Crippen molar-refractivity contribution in [3.8, 4) is 0 Å². The van der Waals surface area contributed by atoms with E-state index in [9.17, 15) is 18.8 Å². The number of imide groups is 1. The van der Waals surface area contributed by atoms with E-state index in [1.807, 2.05) is 16.7 Å². The van der Waals surface area contributed by atoms with Gasteiger partial charge in [0, 0.05) is 19.4 Å². The summed E-state index contributed by atoms with van der Waals surface area (Å²) >= 11 is 0. The maximum Gasteiger partial charge on any atom is 0.329 e. The van der Waals surface area contributed by atoms with Crippen molar-refractivity contribution in [2.45, 2.75) is 25.3 Å². The highest BCUT2D eigenvalue weighted by molar-refractivity contribution is 6.13. The molecule has 0 atom stereocenters. The zero-order valence-corrected chi connectivity index (χ0v) is 17.1. The molecule has 0 aromatic carbocycles. The lowest BCUT2D eigenvalue weighted by molar-refractivity contribution is -0.117. The van der Waals surface area contributed by atoms with E-state index in [2.05, 4.69) is 25.6 Å². The lowest BCUT2D eigenvalue weighted by Gasteiger charge is -2.17. The largest absolute Gasteiger partial charge is 0.351 e. The smallest absolute Gasteiger partial charge is 0.329 e. The second-order valence-electron chi connectivity index (χ2n) is 7.82. The first-order valence-corrected chi connectivity index (χ1v) is 9.99. The Bertz CT molecular complexity index is 1260. The van der Waals surface area contributed by atoms with Crippen LogP contribution in [0.5, 0.6) is 0 Å². The lowest BCUT2D eigenvalue weighted by atomic mass is 10.1. The van der Waals surface area contributed by atoms with Crippen LogP contribution in [-0.2, 0) is 16.1 Å². The SMILES string of the molecule is CN(Cc1cn2cc(C3CC3)cc(N3CC(=O)NC3=O)c2n1)c1nc(NC=O)ncc1F. The van der Waals surface area contributed by atoms with Gasteiger partial charge in [-0.1, -0.05) is 0 Å². The van der Waals surface area contributed by atoms with E-state index >= 15 is 0 Å². The van der Waals surface area contributed by atoms with E-state index in [0.717, 1.165) is 24.6 Å². The van der Waals surface area contributed by atoms with Gasteiger partial charge >= 0.3 is 6.03 Å². The summed E-state index contributed by atoms with van der Waals surface area (Å²) < 4.78 is 16.1. The molecular weight excluding hydrogens is 419 g/mol. The molecule has 4 amide bonds. The van der Waals surface area contributed by atoms with Crippen molar-refractivity contribution in [2.75, 3.05) is 28.7 Å². The molecule has 12 heteroatoms. The van der Waals surface area contributed by atoms with E-state index in [0.29, 0.717) is 29.4 Å². The fourth-order valence-electron chi connectivity index (χ4n) is 3.77. The number of hydrogen-bond acceptors (Lipinski definition) is 7. The molecule has 1 aliphatic carbocycles. The quantitative estimate of drug-likeness (QED) is 0.422. The second kappa shape index (κ2) is 7.55. The predicted octanol–water partition coefficient (Wildman–Crippen LogP) is 1.40. The Kier molecular flexibility index (Phi) is 4.68. The summed E-state index contributed by atoms with van der Waals surface area (Å²) in [5.41, 5.74) is 2.75. The van der Waals surface area contributed by atoms with Gasteiger partial charge in [-0.25, -0.2) is 19.2 Å². The van der Waals surface area contributed by atoms with Gasteiger partial charge in [0.05, 0.1) is 24.1 Å². The number of nitrogens with one attached hydrogen (secondary N) is 2. The molecule has 11 nitrogen and oxygen atoms in total. The van der Waals surface area contributed by atoms with Crippen LogP contribution in [0, 0.1) is 5.82 Å². The number of imidazole rings is 1. The number of carbonyl (C=O) groups is 3. The molecule has 1 saturated heterocycles.